The first-order valence-electron chi connectivity index (χ1n) is 9.40. The maximum absolute atomic E-state index is 12.9. The number of halogens is 3. The summed E-state index contributed by atoms with van der Waals surface area (Å²) in [5, 5.41) is 6.59. The first-order chi connectivity index (χ1) is 14.4. The van der Waals surface area contributed by atoms with Gasteiger partial charge in [-0.2, -0.15) is 13.2 Å². The van der Waals surface area contributed by atoms with Gasteiger partial charge in [0.2, 0.25) is 5.88 Å². The Hall–Kier alpha value is -2.43. The molecule has 6 nitrogen and oxygen atoms in total. The van der Waals surface area contributed by atoms with Crippen molar-refractivity contribution in [3.8, 4) is 5.88 Å². The zero-order chi connectivity index (χ0) is 21.6. The lowest BCUT2D eigenvalue weighted by atomic mass is 10.0. The third kappa shape index (κ3) is 6.04. The van der Waals surface area contributed by atoms with E-state index in [1.165, 1.54) is 19.2 Å². The number of nitrogens with one attached hydrogen (secondary N) is 2. The van der Waals surface area contributed by atoms with Crippen LogP contribution in [0.1, 0.15) is 17.2 Å². The Kier molecular flexibility index (Phi) is 7.46. The monoisotopic (exact) mass is 440 g/mol. The number of anilines is 1. The summed E-state index contributed by atoms with van der Waals surface area (Å²) in [4.78, 5) is 6.29. The lowest BCUT2D eigenvalue weighted by molar-refractivity contribution is -0.137. The molecule has 1 aliphatic rings. The first kappa shape index (κ1) is 22.3. The molecule has 0 radical (unpaired) electrons. The number of hydrogen-bond donors (Lipinski definition) is 2. The van der Waals surface area contributed by atoms with Crippen LogP contribution in [0.3, 0.4) is 0 Å². The van der Waals surface area contributed by atoms with Gasteiger partial charge in [0.1, 0.15) is 0 Å². The van der Waals surface area contributed by atoms with E-state index in [0.717, 1.165) is 17.7 Å². The largest absolute Gasteiger partial charge is 0.481 e. The Labute approximate surface area is 178 Å². The van der Waals surface area contributed by atoms with E-state index in [0.29, 0.717) is 49.5 Å². The number of ether oxygens (including phenoxy) is 2. The van der Waals surface area contributed by atoms with E-state index in [4.69, 9.17) is 21.7 Å². The number of alkyl halides is 3. The Bertz CT molecular complexity index is 825. The van der Waals surface area contributed by atoms with Gasteiger partial charge >= 0.3 is 6.18 Å². The van der Waals surface area contributed by atoms with Crippen molar-refractivity contribution in [2.24, 2.45) is 0 Å². The van der Waals surface area contributed by atoms with Gasteiger partial charge in [-0.1, -0.05) is 12.1 Å². The highest BCUT2D eigenvalue weighted by Gasteiger charge is 2.31. The number of rotatable bonds is 6. The third-order valence-corrected chi connectivity index (χ3v) is 5.01. The van der Waals surface area contributed by atoms with Crippen molar-refractivity contribution in [1.82, 2.24) is 15.2 Å². The molecule has 2 heterocycles. The lowest BCUT2D eigenvalue weighted by Crippen LogP contribution is -2.44. The number of morpholine rings is 1. The molecule has 1 aromatic carbocycles. The summed E-state index contributed by atoms with van der Waals surface area (Å²) in [6.07, 6.45) is -2.76. The molecule has 0 bridgehead atoms. The molecule has 10 heteroatoms. The fourth-order valence-electron chi connectivity index (χ4n) is 3.18. The van der Waals surface area contributed by atoms with Crippen molar-refractivity contribution < 1.29 is 22.6 Å². The number of pyridine rings is 1. The molecule has 3 rings (SSSR count). The maximum Gasteiger partial charge on any atom is 0.416 e. The summed E-state index contributed by atoms with van der Waals surface area (Å²) in [7, 11) is 1.54. The van der Waals surface area contributed by atoms with Crippen LogP contribution in [0.5, 0.6) is 5.88 Å². The van der Waals surface area contributed by atoms with Gasteiger partial charge in [0.25, 0.3) is 0 Å². The lowest BCUT2D eigenvalue weighted by Gasteiger charge is -2.35. The van der Waals surface area contributed by atoms with Crippen LogP contribution in [0, 0.1) is 0 Å². The van der Waals surface area contributed by atoms with E-state index in [1.54, 1.807) is 18.3 Å². The first-order valence-corrected chi connectivity index (χ1v) is 9.81. The minimum Gasteiger partial charge on any atom is -0.481 e. The average molecular weight is 440 g/mol. The summed E-state index contributed by atoms with van der Waals surface area (Å²) in [5.41, 5.74) is 0.821. The van der Waals surface area contributed by atoms with Crippen LogP contribution in [0.15, 0.2) is 42.6 Å². The van der Waals surface area contributed by atoms with Gasteiger partial charge in [-0.3, -0.25) is 4.90 Å². The highest BCUT2D eigenvalue weighted by Crippen LogP contribution is 2.31. The van der Waals surface area contributed by atoms with Crippen LogP contribution in [0.2, 0.25) is 0 Å². The zero-order valence-electron chi connectivity index (χ0n) is 16.4. The highest BCUT2D eigenvalue weighted by atomic mass is 32.1. The predicted octanol–water partition coefficient (Wildman–Crippen LogP) is 3.47. The normalized spacial score (nSPS) is 16.0. The van der Waals surface area contributed by atoms with Gasteiger partial charge in [-0.25, -0.2) is 4.98 Å². The highest BCUT2D eigenvalue weighted by molar-refractivity contribution is 7.80. The standard InChI is InChI=1S/C20H23F3N4O2S/c1-28-18-7-6-16(12-24-18)26-19(30)25-13-17(27-8-10-29-11-9-27)14-2-4-15(5-3-14)20(21,22)23/h2-7,12,17H,8-11,13H2,1H3,(H2,25,26,30). The van der Waals surface area contributed by atoms with Crippen molar-refractivity contribution in [3.63, 3.8) is 0 Å². The van der Waals surface area contributed by atoms with Crippen LogP contribution in [-0.2, 0) is 10.9 Å². The van der Waals surface area contributed by atoms with Crippen LogP contribution in [0.25, 0.3) is 0 Å². The molecule has 2 aromatic rings. The van der Waals surface area contributed by atoms with Gasteiger partial charge in [-0.15, -0.1) is 0 Å². The molecule has 30 heavy (non-hydrogen) atoms. The second-order valence-corrected chi connectivity index (χ2v) is 7.12. The quantitative estimate of drug-likeness (QED) is 0.667. The smallest absolute Gasteiger partial charge is 0.416 e. The minimum atomic E-state index is -4.36. The van der Waals surface area contributed by atoms with E-state index >= 15 is 0 Å². The molecule has 1 aromatic heterocycles. The molecular formula is C20H23F3N4O2S. The maximum atomic E-state index is 12.9. The summed E-state index contributed by atoms with van der Waals surface area (Å²) >= 11 is 5.36. The second kappa shape index (κ2) is 10.1. The summed E-state index contributed by atoms with van der Waals surface area (Å²) < 4.78 is 49.2. The van der Waals surface area contributed by atoms with Gasteiger partial charge in [0, 0.05) is 25.7 Å². The van der Waals surface area contributed by atoms with Crippen molar-refractivity contribution in [2.75, 3.05) is 45.3 Å². The molecule has 1 fully saturated rings. The number of benzene rings is 1. The molecule has 162 valence electrons. The van der Waals surface area contributed by atoms with Gasteiger partial charge in [-0.05, 0) is 36.0 Å². The number of hydrogen-bond acceptors (Lipinski definition) is 5. The van der Waals surface area contributed by atoms with E-state index in [1.807, 2.05) is 0 Å². The SMILES string of the molecule is COc1ccc(NC(=S)NCC(c2ccc(C(F)(F)F)cc2)N2CCOCC2)cn1. The number of aromatic nitrogens is 1. The Morgan fingerprint density at radius 2 is 1.90 bits per heavy atom. The van der Waals surface area contributed by atoms with E-state index in [9.17, 15) is 13.2 Å². The molecule has 1 saturated heterocycles. The van der Waals surface area contributed by atoms with Gasteiger partial charge in [0.15, 0.2) is 5.11 Å². The summed E-state index contributed by atoms with van der Waals surface area (Å²) in [6, 6.07) is 8.62. The van der Waals surface area contributed by atoms with Crippen LogP contribution in [-0.4, -0.2) is 55.0 Å². The predicted molar refractivity (Wildman–Crippen MR) is 112 cm³/mol. The Morgan fingerprint density at radius 1 is 1.20 bits per heavy atom. The van der Waals surface area contributed by atoms with Crippen molar-refractivity contribution in [2.45, 2.75) is 12.2 Å². The molecule has 0 saturated carbocycles. The van der Waals surface area contributed by atoms with Gasteiger partial charge < -0.3 is 20.1 Å². The molecular weight excluding hydrogens is 417 g/mol. The molecule has 0 spiro atoms. The fourth-order valence-corrected chi connectivity index (χ4v) is 3.38. The molecule has 1 aliphatic heterocycles. The number of methoxy groups -OCH3 is 1. The third-order valence-electron chi connectivity index (χ3n) is 4.77. The molecule has 1 atom stereocenters. The van der Waals surface area contributed by atoms with Crippen LogP contribution in [0.4, 0.5) is 18.9 Å². The molecule has 0 amide bonds. The second-order valence-electron chi connectivity index (χ2n) is 6.71. The number of thiocarbonyl (C=S) groups is 1. The van der Waals surface area contributed by atoms with Crippen molar-refractivity contribution in [1.29, 1.82) is 0 Å². The van der Waals surface area contributed by atoms with Gasteiger partial charge in [0.05, 0.1) is 43.8 Å². The van der Waals surface area contributed by atoms with E-state index < -0.39 is 11.7 Å². The minimum absolute atomic E-state index is 0.148. The van der Waals surface area contributed by atoms with Crippen LogP contribution >= 0.6 is 12.2 Å². The fraction of sp³-hybridized carbons (Fsp3) is 0.400. The molecule has 0 aliphatic carbocycles. The topological polar surface area (TPSA) is 58.7 Å². The Balaban J connectivity index is 1.67. The van der Waals surface area contributed by atoms with Crippen molar-refractivity contribution in [3.05, 3.63) is 53.7 Å². The van der Waals surface area contributed by atoms with Crippen LogP contribution < -0.4 is 15.4 Å². The average Bonchev–Trinajstić information content (AvgIpc) is 2.75. The van der Waals surface area contributed by atoms with E-state index in [2.05, 4.69) is 20.5 Å². The molecule has 2 N–H and O–H groups in total. The van der Waals surface area contributed by atoms with E-state index in [-0.39, 0.29) is 6.04 Å². The zero-order valence-corrected chi connectivity index (χ0v) is 17.2. The summed E-state index contributed by atoms with van der Waals surface area (Å²) in [5.74, 6) is 0.495. The Morgan fingerprint density at radius 3 is 2.47 bits per heavy atom. The molecule has 1 unspecified atom stereocenters. The summed E-state index contributed by atoms with van der Waals surface area (Å²) in [6.45, 7) is 2.97. The number of nitrogens with zero attached hydrogens (tertiary/aromatic N) is 2. The van der Waals surface area contributed by atoms with Crippen molar-refractivity contribution >= 4 is 23.0 Å².